The smallest absolute Gasteiger partial charge is 0.219 e. The van der Waals surface area contributed by atoms with Crippen molar-refractivity contribution in [2.75, 3.05) is 13.1 Å². The Labute approximate surface area is 107 Å². The van der Waals surface area contributed by atoms with E-state index in [4.69, 9.17) is 5.73 Å². The predicted octanol–water partition coefficient (Wildman–Crippen LogP) is 1.95. The Balaban J connectivity index is 5.54. The third-order valence-electron chi connectivity index (χ3n) is 3.29. The molecule has 4 nitrogen and oxygen atoms in total. The van der Waals surface area contributed by atoms with Gasteiger partial charge in [-0.05, 0) is 40.5 Å². The van der Waals surface area contributed by atoms with Crippen LogP contribution in [-0.2, 0) is 10.0 Å². The topological polar surface area (TPSA) is 63.4 Å². The van der Waals surface area contributed by atoms with Crippen LogP contribution in [0.4, 0.5) is 0 Å². The molecule has 104 valence electrons. The van der Waals surface area contributed by atoms with Crippen molar-refractivity contribution in [2.45, 2.75) is 64.7 Å². The summed E-state index contributed by atoms with van der Waals surface area (Å²) in [6.07, 6.45) is 1.52. The minimum atomic E-state index is -3.33. The summed E-state index contributed by atoms with van der Waals surface area (Å²) < 4.78 is 26.0. The molecule has 2 N–H and O–H groups in total. The van der Waals surface area contributed by atoms with E-state index in [2.05, 4.69) is 0 Å². The molecule has 0 fully saturated rings. The largest absolute Gasteiger partial charge is 0.329 e. The van der Waals surface area contributed by atoms with Crippen molar-refractivity contribution in [3.05, 3.63) is 0 Å². The Morgan fingerprint density at radius 2 is 1.59 bits per heavy atom. The zero-order valence-electron chi connectivity index (χ0n) is 12.1. The van der Waals surface area contributed by atoms with Crippen molar-refractivity contribution in [3.63, 3.8) is 0 Å². The number of nitrogens with zero attached hydrogens (tertiary/aromatic N) is 1. The lowest BCUT2D eigenvalue weighted by molar-refractivity contribution is 0.201. The second-order valence-corrected chi connectivity index (χ2v) is 8.36. The molecular formula is C12H28N2O2S. The van der Waals surface area contributed by atoms with Gasteiger partial charge in [-0.15, -0.1) is 0 Å². The SMILES string of the molecule is CCCN(C(C)(CC)CN)S(=O)(=O)C(C)(C)C. The van der Waals surface area contributed by atoms with Gasteiger partial charge in [-0.25, -0.2) is 8.42 Å². The van der Waals surface area contributed by atoms with Crippen LogP contribution in [0.15, 0.2) is 0 Å². The third kappa shape index (κ3) is 3.42. The van der Waals surface area contributed by atoms with Crippen LogP contribution in [0.25, 0.3) is 0 Å². The number of rotatable bonds is 6. The lowest BCUT2D eigenvalue weighted by atomic mass is 9.99. The van der Waals surface area contributed by atoms with Crippen molar-refractivity contribution in [1.82, 2.24) is 4.31 Å². The molecule has 17 heavy (non-hydrogen) atoms. The van der Waals surface area contributed by atoms with E-state index in [-0.39, 0.29) is 0 Å². The van der Waals surface area contributed by atoms with Gasteiger partial charge in [-0.1, -0.05) is 13.8 Å². The van der Waals surface area contributed by atoms with Gasteiger partial charge in [-0.2, -0.15) is 4.31 Å². The van der Waals surface area contributed by atoms with Gasteiger partial charge >= 0.3 is 0 Å². The number of sulfonamides is 1. The van der Waals surface area contributed by atoms with E-state index in [0.717, 1.165) is 12.8 Å². The summed E-state index contributed by atoms with van der Waals surface area (Å²) in [5.74, 6) is 0. The summed E-state index contributed by atoms with van der Waals surface area (Å²) in [6, 6.07) is 0. The molecule has 0 heterocycles. The van der Waals surface area contributed by atoms with Gasteiger partial charge < -0.3 is 5.73 Å². The Bertz CT molecular complexity index is 327. The van der Waals surface area contributed by atoms with E-state index < -0.39 is 20.3 Å². The van der Waals surface area contributed by atoms with Crippen LogP contribution in [0, 0.1) is 0 Å². The summed E-state index contributed by atoms with van der Waals surface area (Å²) in [6.45, 7) is 12.0. The maximum absolute atomic E-state index is 12.6. The second-order valence-electron chi connectivity index (χ2n) is 5.74. The first kappa shape index (κ1) is 16.9. The molecule has 0 rings (SSSR count). The van der Waals surface area contributed by atoms with Crippen LogP contribution in [0.1, 0.15) is 54.4 Å². The van der Waals surface area contributed by atoms with Crippen LogP contribution in [0.5, 0.6) is 0 Å². The van der Waals surface area contributed by atoms with E-state index in [1.165, 1.54) is 0 Å². The van der Waals surface area contributed by atoms with Crippen LogP contribution in [0.2, 0.25) is 0 Å². The average Bonchev–Trinajstić information content (AvgIpc) is 2.23. The molecule has 0 aromatic carbocycles. The second kappa shape index (κ2) is 5.67. The third-order valence-corrected chi connectivity index (χ3v) is 6.05. The Hall–Kier alpha value is -0.130. The van der Waals surface area contributed by atoms with Crippen molar-refractivity contribution >= 4 is 10.0 Å². The molecule has 0 saturated carbocycles. The maximum atomic E-state index is 12.6. The summed E-state index contributed by atoms with van der Waals surface area (Å²) in [7, 11) is -3.33. The zero-order chi connectivity index (χ0) is 13.9. The first-order valence-electron chi connectivity index (χ1n) is 6.29. The molecule has 5 heteroatoms. The number of hydrogen-bond donors (Lipinski definition) is 1. The summed E-state index contributed by atoms with van der Waals surface area (Å²) in [4.78, 5) is 0. The zero-order valence-corrected chi connectivity index (χ0v) is 12.9. The van der Waals surface area contributed by atoms with E-state index in [1.54, 1.807) is 25.1 Å². The van der Waals surface area contributed by atoms with E-state index >= 15 is 0 Å². The quantitative estimate of drug-likeness (QED) is 0.797. The molecule has 1 atom stereocenters. The molecule has 0 radical (unpaired) electrons. The van der Waals surface area contributed by atoms with Crippen molar-refractivity contribution < 1.29 is 8.42 Å². The first-order chi connectivity index (χ1) is 7.56. The van der Waals surface area contributed by atoms with Crippen molar-refractivity contribution in [3.8, 4) is 0 Å². The molecular weight excluding hydrogens is 236 g/mol. The molecule has 0 spiro atoms. The standard InChI is InChI=1S/C12H28N2O2S/c1-7-9-14(12(6,8-2)10-13)17(15,16)11(3,4)5/h7-10,13H2,1-6H3. The van der Waals surface area contributed by atoms with Gasteiger partial charge in [-0.3, -0.25) is 0 Å². The monoisotopic (exact) mass is 264 g/mol. The molecule has 1 unspecified atom stereocenters. The highest BCUT2D eigenvalue weighted by Gasteiger charge is 2.43. The molecule has 0 bridgehead atoms. The number of nitrogens with two attached hydrogens (primary N) is 1. The van der Waals surface area contributed by atoms with E-state index in [0.29, 0.717) is 13.1 Å². The Kier molecular flexibility index (Phi) is 5.63. The minimum absolute atomic E-state index is 0.346. The Morgan fingerprint density at radius 1 is 1.12 bits per heavy atom. The predicted molar refractivity (Wildman–Crippen MR) is 73.4 cm³/mol. The van der Waals surface area contributed by atoms with Gasteiger partial charge in [0.1, 0.15) is 0 Å². The maximum Gasteiger partial charge on any atom is 0.219 e. The van der Waals surface area contributed by atoms with Gasteiger partial charge in [0.25, 0.3) is 0 Å². The summed E-state index contributed by atoms with van der Waals surface area (Å²) in [5.41, 5.74) is 5.30. The highest BCUT2D eigenvalue weighted by Crippen LogP contribution is 2.29. The van der Waals surface area contributed by atoms with Crippen LogP contribution < -0.4 is 5.73 Å². The fourth-order valence-corrected chi connectivity index (χ4v) is 3.50. The molecule has 0 aliphatic rings. The van der Waals surface area contributed by atoms with Gasteiger partial charge in [0.05, 0.1) is 4.75 Å². The molecule has 0 aromatic heterocycles. The highest BCUT2D eigenvalue weighted by molar-refractivity contribution is 7.90. The van der Waals surface area contributed by atoms with Crippen molar-refractivity contribution in [2.24, 2.45) is 5.73 Å². The van der Waals surface area contributed by atoms with E-state index in [1.807, 2.05) is 20.8 Å². The fraction of sp³-hybridized carbons (Fsp3) is 1.00. The lowest BCUT2D eigenvalue weighted by Gasteiger charge is -2.42. The number of hydrogen-bond acceptors (Lipinski definition) is 3. The van der Waals surface area contributed by atoms with Crippen LogP contribution >= 0.6 is 0 Å². The molecule has 0 amide bonds. The fourth-order valence-electron chi connectivity index (χ4n) is 1.64. The molecule has 0 saturated heterocycles. The Morgan fingerprint density at radius 3 is 1.82 bits per heavy atom. The normalized spacial score (nSPS) is 17.2. The minimum Gasteiger partial charge on any atom is -0.329 e. The van der Waals surface area contributed by atoms with Gasteiger partial charge in [0.15, 0.2) is 0 Å². The van der Waals surface area contributed by atoms with Gasteiger partial charge in [0.2, 0.25) is 10.0 Å². The van der Waals surface area contributed by atoms with Gasteiger partial charge in [0, 0.05) is 18.6 Å². The summed E-state index contributed by atoms with van der Waals surface area (Å²) in [5, 5.41) is 0. The van der Waals surface area contributed by atoms with Crippen molar-refractivity contribution in [1.29, 1.82) is 0 Å². The van der Waals surface area contributed by atoms with Crippen LogP contribution in [-0.4, -0.2) is 36.1 Å². The molecule has 0 aliphatic heterocycles. The van der Waals surface area contributed by atoms with Crippen LogP contribution in [0.3, 0.4) is 0 Å². The average molecular weight is 264 g/mol. The highest BCUT2D eigenvalue weighted by atomic mass is 32.2. The first-order valence-corrected chi connectivity index (χ1v) is 7.73. The summed E-state index contributed by atoms with van der Waals surface area (Å²) >= 11 is 0. The molecule has 0 aromatic rings. The van der Waals surface area contributed by atoms with E-state index in [9.17, 15) is 8.42 Å². The lowest BCUT2D eigenvalue weighted by Crippen LogP contribution is -2.58. The molecule has 0 aliphatic carbocycles.